The van der Waals surface area contributed by atoms with Crippen molar-refractivity contribution in [1.29, 1.82) is 0 Å². The molecule has 2 aromatic rings. The first-order chi connectivity index (χ1) is 11.2. The molecule has 1 aromatic carbocycles. The number of rotatable bonds is 3. The van der Waals surface area contributed by atoms with Crippen LogP contribution in [0.1, 0.15) is 40.2 Å². The van der Waals surface area contributed by atoms with E-state index in [1.807, 2.05) is 6.92 Å². The lowest BCUT2D eigenvalue weighted by Gasteiger charge is -2.29. The van der Waals surface area contributed by atoms with Crippen molar-refractivity contribution >= 4 is 11.9 Å². The highest BCUT2D eigenvalue weighted by molar-refractivity contribution is 5.93. The number of aryl methyl sites for hydroxylation is 1. The van der Waals surface area contributed by atoms with E-state index in [4.69, 9.17) is 0 Å². The molecule has 2 heterocycles. The molecule has 4 rings (SSSR count). The fourth-order valence-electron chi connectivity index (χ4n) is 2.96. The van der Waals surface area contributed by atoms with Crippen LogP contribution in [-0.4, -0.2) is 28.5 Å². The number of amides is 1. The normalized spacial score (nSPS) is 16.8. The van der Waals surface area contributed by atoms with Gasteiger partial charge in [0.15, 0.2) is 0 Å². The molecule has 0 spiro atoms. The summed E-state index contributed by atoms with van der Waals surface area (Å²) in [7, 11) is 0. The van der Waals surface area contributed by atoms with Crippen molar-refractivity contribution in [2.24, 2.45) is 0 Å². The van der Waals surface area contributed by atoms with Gasteiger partial charge in [-0.2, -0.15) is 0 Å². The first kappa shape index (κ1) is 14.2. The maximum Gasteiger partial charge on any atom is 0.270 e. The highest BCUT2D eigenvalue weighted by atomic mass is 16.2. The molecular weight excluding hydrogens is 288 g/mol. The minimum absolute atomic E-state index is 0.0864. The summed E-state index contributed by atoms with van der Waals surface area (Å²) in [6.07, 6.45) is 3.13. The third-order valence-corrected chi connectivity index (χ3v) is 4.40. The molecule has 1 saturated carbocycles. The summed E-state index contributed by atoms with van der Waals surface area (Å²) in [4.78, 5) is 23.5. The molecule has 0 bridgehead atoms. The van der Waals surface area contributed by atoms with Gasteiger partial charge in [-0.3, -0.25) is 4.79 Å². The molecular formula is C18H20N4O. The summed E-state index contributed by atoms with van der Waals surface area (Å²) in [6, 6.07) is 10.6. The predicted molar refractivity (Wildman–Crippen MR) is 88.5 cm³/mol. The average molecular weight is 308 g/mol. The number of anilines is 1. The zero-order valence-corrected chi connectivity index (χ0v) is 13.2. The monoisotopic (exact) mass is 308 g/mol. The highest BCUT2D eigenvalue weighted by Gasteiger charge is 2.25. The van der Waals surface area contributed by atoms with Gasteiger partial charge in [-0.15, -0.1) is 0 Å². The van der Waals surface area contributed by atoms with Gasteiger partial charge in [0.1, 0.15) is 5.69 Å². The van der Waals surface area contributed by atoms with Gasteiger partial charge in [-0.25, -0.2) is 9.97 Å². The summed E-state index contributed by atoms with van der Waals surface area (Å²) in [5.74, 6) is 0.567. The van der Waals surface area contributed by atoms with E-state index in [0.29, 0.717) is 17.7 Å². The fourth-order valence-corrected chi connectivity index (χ4v) is 2.96. The van der Waals surface area contributed by atoms with Gasteiger partial charge in [0.05, 0.1) is 0 Å². The lowest BCUT2D eigenvalue weighted by atomic mass is 10.0. The highest BCUT2D eigenvalue weighted by Crippen LogP contribution is 2.23. The number of aromatic nitrogens is 2. The second-order valence-electron chi connectivity index (χ2n) is 6.38. The van der Waals surface area contributed by atoms with Crippen LogP contribution in [0, 0.1) is 6.92 Å². The minimum Gasteiger partial charge on any atom is -0.348 e. The summed E-state index contributed by atoms with van der Waals surface area (Å²) in [5.41, 5.74) is 4.00. The van der Waals surface area contributed by atoms with Crippen LogP contribution in [0.5, 0.6) is 0 Å². The van der Waals surface area contributed by atoms with Crippen molar-refractivity contribution in [1.82, 2.24) is 15.3 Å². The number of benzene rings is 1. The van der Waals surface area contributed by atoms with E-state index in [-0.39, 0.29) is 5.91 Å². The van der Waals surface area contributed by atoms with Gasteiger partial charge < -0.3 is 10.2 Å². The Kier molecular flexibility index (Phi) is 3.48. The van der Waals surface area contributed by atoms with Crippen LogP contribution < -0.4 is 10.2 Å². The van der Waals surface area contributed by atoms with Crippen LogP contribution >= 0.6 is 0 Å². The SMILES string of the molecule is Cc1cc(C(=O)NC2CC2)nc(N2CCc3ccccc3C2)n1. The van der Waals surface area contributed by atoms with Crippen LogP contribution in [0.15, 0.2) is 30.3 Å². The van der Waals surface area contributed by atoms with Crippen molar-refractivity contribution in [3.8, 4) is 0 Å². The van der Waals surface area contributed by atoms with E-state index < -0.39 is 0 Å². The van der Waals surface area contributed by atoms with Crippen molar-refractivity contribution < 1.29 is 4.79 Å². The molecule has 1 amide bonds. The Morgan fingerprint density at radius 1 is 1.22 bits per heavy atom. The third kappa shape index (κ3) is 3.04. The van der Waals surface area contributed by atoms with Gasteiger partial charge in [0.25, 0.3) is 5.91 Å². The lowest BCUT2D eigenvalue weighted by Crippen LogP contribution is -2.33. The first-order valence-corrected chi connectivity index (χ1v) is 8.17. The lowest BCUT2D eigenvalue weighted by molar-refractivity contribution is 0.0946. The van der Waals surface area contributed by atoms with E-state index in [9.17, 15) is 4.79 Å². The van der Waals surface area contributed by atoms with Gasteiger partial charge in [-0.1, -0.05) is 24.3 Å². The van der Waals surface area contributed by atoms with Crippen molar-refractivity contribution in [3.05, 3.63) is 52.8 Å². The maximum atomic E-state index is 12.3. The quantitative estimate of drug-likeness (QED) is 0.945. The average Bonchev–Trinajstić information content (AvgIpc) is 3.38. The molecule has 1 N–H and O–H groups in total. The molecule has 0 saturated heterocycles. The number of fused-ring (bicyclic) bond motifs is 1. The molecule has 118 valence electrons. The summed E-state index contributed by atoms with van der Waals surface area (Å²) in [6.45, 7) is 3.59. The number of hydrogen-bond acceptors (Lipinski definition) is 4. The minimum atomic E-state index is -0.0864. The molecule has 0 unspecified atom stereocenters. The topological polar surface area (TPSA) is 58.1 Å². The summed E-state index contributed by atoms with van der Waals surface area (Å²) < 4.78 is 0. The predicted octanol–water partition coefficient (Wildman–Crippen LogP) is 2.24. The maximum absolute atomic E-state index is 12.3. The standard InChI is InChI=1S/C18H20N4O/c1-12-10-16(17(23)20-15-6-7-15)21-18(19-12)22-9-8-13-4-2-3-5-14(13)11-22/h2-5,10,15H,6-9,11H2,1H3,(H,20,23). The molecule has 1 aliphatic carbocycles. The molecule has 2 aliphatic rings. The van der Waals surface area contributed by atoms with E-state index in [1.165, 1.54) is 11.1 Å². The van der Waals surface area contributed by atoms with Crippen LogP contribution in [0.3, 0.4) is 0 Å². The Morgan fingerprint density at radius 2 is 2.00 bits per heavy atom. The third-order valence-electron chi connectivity index (χ3n) is 4.40. The van der Waals surface area contributed by atoms with Crippen LogP contribution in [-0.2, 0) is 13.0 Å². The van der Waals surface area contributed by atoms with Gasteiger partial charge in [0, 0.05) is 24.8 Å². The van der Waals surface area contributed by atoms with Crippen LogP contribution in [0.4, 0.5) is 5.95 Å². The summed E-state index contributed by atoms with van der Waals surface area (Å²) >= 11 is 0. The first-order valence-electron chi connectivity index (χ1n) is 8.17. The molecule has 0 radical (unpaired) electrons. The second-order valence-corrected chi connectivity index (χ2v) is 6.38. The molecule has 0 atom stereocenters. The van der Waals surface area contributed by atoms with Gasteiger partial charge in [0.2, 0.25) is 5.95 Å². The molecule has 1 aromatic heterocycles. The Bertz CT molecular complexity index is 754. The van der Waals surface area contributed by atoms with Crippen molar-refractivity contribution in [2.75, 3.05) is 11.4 Å². The van der Waals surface area contributed by atoms with Gasteiger partial charge in [-0.05, 0) is 43.4 Å². The second kappa shape index (κ2) is 5.65. The van der Waals surface area contributed by atoms with E-state index in [1.54, 1.807) is 6.07 Å². The number of nitrogens with zero attached hydrogens (tertiary/aromatic N) is 3. The smallest absolute Gasteiger partial charge is 0.270 e. The fraction of sp³-hybridized carbons (Fsp3) is 0.389. The molecule has 5 heteroatoms. The Hall–Kier alpha value is -2.43. The van der Waals surface area contributed by atoms with Crippen molar-refractivity contribution in [2.45, 2.75) is 38.8 Å². The molecule has 5 nitrogen and oxygen atoms in total. The molecule has 1 aliphatic heterocycles. The zero-order chi connectivity index (χ0) is 15.8. The van der Waals surface area contributed by atoms with Crippen molar-refractivity contribution in [3.63, 3.8) is 0 Å². The van der Waals surface area contributed by atoms with Crippen LogP contribution in [0.25, 0.3) is 0 Å². The summed E-state index contributed by atoms with van der Waals surface area (Å²) in [5, 5.41) is 3.00. The zero-order valence-electron chi connectivity index (χ0n) is 13.2. The number of carbonyl (C=O) groups excluding carboxylic acids is 1. The Labute approximate surface area is 135 Å². The van der Waals surface area contributed by atoms with Gasteiger partial charge >= 0.3 is 0 Å². The van der Waals surface area contributed by atoms with E-state index >= 15 is 0 Å². The van der Waals surface area contributed by atoms with E-state index in [2.05, 4.69) is 44.5 Å². The van der Waals surface area contributed by atoms with E-state index in [0.717, 1.165) is 38.0 Å². The number of nitrogens with one attached hydrogen (secondary N) is 1. The Balaban J connectivity index is 1.59. The number of hydrogen-bond donors (Lipinski definition) is 1. The largest absolute Gasteiger partial charge is 0.348 e. The Morgan fingerprint density at radius 3 is 2.78 bits per heavy atom. The number of carbonyl (C=O) groups is 1. The molecule has 1 fully saturated rings. The van der Waals surface area contributed by atoms with Crippen LogP contribution in [0.2, 0.25) is 0 Å². The molecule has 23 heavy (non-hydrogen) atoms.